The molecule has 1 amide bonds. The van der Waals surface area contributed by atoms with Crippen molar-refractivity contribution < 1.29 is 28.5 Å². The largest absolute Gasteiger partial charge is 0.497 e. The van der Waals surface area contributed by atoms with Crippen LogP contribution in [-0.4, -0.2) is 108 Å². The molecule has 0 bridgehead atoms. The van der Waals surface area contributed by atoms with Crippen molar-refractivity contribution in [3.63, 3.8) is 0 Å². The summed E-state index contributed by atoms with van der Waals surface area (Å²) in [5.74, 6) is 1.69. The molecule has 0 radical (unpaired) electrons. The van der Waals surface area contributed by atoms with Crippen LogP contribution in [-0.2, 0) is 25.5 Å². The van der Waals surface area contributed by atoms with Gasteiger partial charge in [0.15, 0.2) is 0 Å². The molecule has 1 heterocycles. The molecule has 2 aromatic carbocycles. The molecule has 252 valence electrons. The van der Waals surface area contributed by atoms with E-state index in [9.17, 15) is 4.79 Å². The average molecular weight is 641 g/mol. The fourth-order valence-corrected chi connectivity index (χ4v) is 3.92. The molecule has 0 unspecified atom stereocenters. The van der Waals surface area contributed by atoms with Gasteiger partial charge in [-0.2, -0.15) is 15.0 Å². The molecule has 0 aliphatic rings. The number of anilines is 4. The summed E-state index contributed by atoms with van der Waals surface area (Å²) in [6.07, 6.45) is 0.978. The first-order chi connectivity index (χ1) is 22.6. The van der Waals surface area contributed by atoms with Crippen LogP contribution < -0.4 is 31.3 Å². The molecule has 14 nitrogen and oxygen atoms in total. The number of ether oxygens (including phenoxy) is 5. The van der Waals surface area contributed by atoms with Crippen LogP contribution in [0.4, 0.5) is 23.5 Å². The molecule has 0 saturated carbocycles. The summed E-state index contributed by atoms with van der Waals surface area (Å²) >= 11 is 0. The smallest absolute Gasteiger partial charge is 0.251 e. The Bertz CT molecular complexity index is 1270. The van der Waals surface area contributed by atoms with Gasteiger partial charge >= 0.3 is 0 Å². The molecule has 0 spiro atoms. The standard InChI is InChI=1S/C32H48N8O6/c1-4-15-43-19-20-45-17-13-34-29(41)26-8-10-27(11-9-26)37-32-39-30(35-14-18-46-22-21-44-16-12-33-2)38-31(40-32)36-24-25-6-5-7-28(23-25)42-3/h5-11,23,33H,4,12-22,24H2,1-3H3,(H,34,41)(H3,35,36,37,38,39,40). The number of rotatable bonds is 25. The van der Waals surface area contributed by atoms with Gasteiger partial charge in [-0.15, -0.1) is 0 Å². The molecule has 5 N–H and O–H groups in total. The number of aromatic nitrogens is 3. The SMILES string of the molecule is CCCOCCOCCNC(=O)c1ccc(Nc2nc(NCCOCCOCCNC)nc(NCc3cccc(OC)c3)n2)cc1. The van der Waals surface area contributed by atoms with Gasteiger partial charge in [-0.1, -0.05) is 19.1 Å². The van der Waals surface area contributed by atoms with Crippen molar-refractivity contribution in [2.24, 2.45) is 0 Å². The molecule has 0 aliphatic heterocycles. The highest BCUT2D eigenvalue weighted by molar-refractivity contribution is 5.94. The molecule has 0 saturated heterocycles. The van der Waals surface area contributed by atoms with Gasteiger partial charge < -0.3 is 50.3 Å². The summed E-state index contributed by atoms with van der Waals surface area (Å²) in [5, 5.41) is 15.6. The highest BCUT2D eigenvalue weighted by atomic mass is 16.5. The zero-order valence-electron chi connectivity index (χ0n) is 27.1. The number of likely N-dealkylation sites (N-methyl/N-ethyl adjacent to an activating group) is 1. The fraction of sp³-hybridized carbons (Fsp3) is 0.500. The minimum absolute atomic E-state index is 0.181. The lowest BCUT2D eigenvalue weighted by molar-refractivity contribution is 0.0485. The van der Waals surface area contributed by atoms with Gasteiger partial charge in [-0.3, -0.25) is 4.79 Å². The summed E-state index contributed by atoms with van der Waals surface area (Å²) in [6.45, 7) is 8.59. The molecular weight excluding hydrogens is 592 g/mol. The maximum absolute atomic E-state index is 12.5. The van der Waals surface area contributed by atoms with E-state index in [1.807, 2.05) is 31.3 Å². The van der Waals surface area contributed by atoms with E-state index in [0.29, 0.717) is 95.0 Å². The number of benzene rings is 2. The highest BCUT2D eigenvalue weighted by Gasteiger charge is 2.10. The van der Waals surface area contributed by atoms with Crippen LogP contribution in [0.3, 0.4) is 0 Å². The second-order valence-corrected chi connectivity index (χ2v) is 9.95. The van der Waals surface area contributed by atoms with Gasteiger partial charge in [0.2, 0.25) is 17.8 Å². The van der Waals surface area contributed by atoms with Crippen molar-refractivity contribution in [2.75, 3.05) is 103 Å². The lowest BCUT2D eigenvalue weighted by atomic mass is 10.2. The summed E-state index contributed by atoms with van der Waals surface area (Å²) < 4.78 is 27.3. The van der Waals surface area contributed by atoms with E-state index in [2.05, 4.69) is 48.5 Å². The first kappa shape index (κ1) is 36.4. The number of nitrogens with zero attached hydrogens (tertiary/aromatic N) is 3. The van der Waals surface area contributed by atoms with Gasteiger partial charge in [-0.25, -0.2) is 0 Å². The van der Waals surface area contributed by atoms with Crippen molar-refractivity contribution in [1.82, 2.24) is 25.6 Å². The number of hydrogen-bond acceptors (Lipinski definition) is 13. The Kier molecular flexibility index (Phi) is 17.7. The predicted molar refractivity (Wildman–Crippen MR) is 178 cm³/mol. The summed E-state index contributed by atoms with van der Waals surface area (Å²) in [6, 6.07) is 14.8. The zero-order valence-corrected chi connectivity index (χ0v) is 27.1. The Balaban J connectivity index is 1.54. The second-order valence-electron chi connectivity index (χ2n) is 9.95. The summed E-state index contributed by atoms with van der Waals surface area (Å²) in [7, 11) is 3.52. The molecule has 0 atom stereocenters. The first-order valence-electron chi connectivity index (χ1n) is 15.6. The van der Waals surface area contributed by atoms with Crippen LogP contribution in [0, 0.1) is 0 Å². The first-order valence-corrected chi connectivity index (χ1v) is 15.6. The monoisotopic (exact) mass is 640 g/mol. The van der Waals surface area contributed by atoms with Crippen LogP contribution >= 0.6 is 0 Å². The molecule has 1 aromatic heterocycles. The van der Waals surface area contributed by atoms with Gasteiger partial charge in [-0.05, 0) is 55.4 Å². The molecular formula is C32H48N8O6. The van der Waals surface area contributed by atoms with E-state index in [1.54, 1.807) is 31.4 Å². The van der Waals surface area contributed by atoms with E-state index in [0.717, 1.165) is 30.9 Å². The summed E-state index contributed by atoms with van der Waals surface area (Å²) in [5.41, 5.74) is 2.25. The topological polar surface area (TPSA) is 162 Å². The normalized spacial score (nSPS) is 10.8. The van der Waals surface area contributed by atoms with Crippen LogP contribution in [0.15, 0.2) is 48.5 Å². The molecule has 14 heteroatoms. The minimum Gasteiger partial charge on any atom is -0.497 e. The quantitative estimate of drug-likeness (QED) is 0.0860. The van der Waals surface area contributed by atoms with E-state index in [4.69, 9.17) is 23.7 Å². The molecule has 3 aromatic rings. The van der Waals surface area contributed by atoms with Crippen LogP contribution in [0.5, 0.6) is 5.75 Å². The number of carbonyl (C=O) groups is 1. The maximum atomic E-state index is 12.5. The third-order valence-corrected chi connectivity index (χ3v) is 6.27. The van der Waals surface area contributed by atoms with Crippen LogP contribution in [0.1, 0.15) is 29.3 Å². The van der Waals surface area contributed by atoms with E-state index in [1.165, 1.54) is 0 Å². The maximum Gasteiger partial charge on any atom is 0.251 e. The van der Waals surface area contributed by atoms with Crippen molar-refractivity contribution in [2.45, 2.75) is 19.9 Å². The summed E-state index contributed by atoms with van der Waals surface area (Å²) in [4.78, 5) is 26.1. The molecule has 46 heavy (non-hydrogen) atoms. The Labute approximate surface area is 271 Å². The van der Waals surface area contributed by atoms with Crippen molar-refractivity contribution in [3.05, 3.63) is 59.7 Å². The van der Waals surface area contributed by atoms with Crippen LogP contribution in [0.25, 0.3) is 0 Å². The lowest BCUT2D eigenvalue weighted by Gasteiger charge is -2.12. The zero-order chi connectivity index (χ0) is 32.7. The van der Waals surface area contributed by atoms with E-state index < -0.39 is 0 Å². The lowest BCUT2D eigenvalue weighted by Crippen LogP contribution is -2.27. The Morgan fingerprint density at radius 1 is 0.717 bits per heavy atom. The highest BCUT2D eigenvalue weighted by Crippen LogP contribution is 2.18. The molecule has 0 aliphatic carbocycles. The number of hydrogen-bond donors (Lipinski definition) is 5. The third-order valence-electron chi connectivity index (χ3n) is 6.27. The number of amides is 1. The Hall–Kier alpha value is -4.08. The number of nitrogens with one attached hydrogen (secondary N) is 5. The van der Waals surface area contributed by atoms with E-state index in [-0.39, 0.29) is 5.91 Å². The van der Waals surface area contributed by atoms with Gasteiger partial charge in [0.1, 0.15) is 5.75 Å². The van der Waals surface area contributed by atoms with Gasteiger partial charge in [0.25, 0.3) is 5.91 Å². The third kappa shape index (κ3) is 14.8. The molecule has 3 rings (SSSR count). The van der Waals surface area contributed by atoms with Crippen molar-refractivity contribution in [1.29, 1.82) is 0 Å². The van der Waals surface area contributed by atoms with Gasteiger partial charge in [0, 0.05) is 44.0 Å². The average Bonchev–Trinajstić information content (AvgIpc) is 3.08. The Morgan fingerprint density at radius 3 is 2.02 bits per heavy atom. The fourth-order valence-electron chi connectivity index (χ4n) is 3.92. The number of methoxy groups -OCH3 is 1. The van der Waals surface area contributed by atoms with Crippen LogP contribution in [0.2, 0.25) is 0 Å². The molecule has 0 fully saturated rings. The van der Waals surface area contributed by atoms with Gasteiger partial charge in [0.05, 0.1) is 53.4 Å². The Morgan fingerprint density at radius 2 is 1.35 bits per heavy atom. The predicted octanol–water partition coefficient (Wildman–Crippen LogP) is 3.07. The van der Waals surface area contributed by atoms with Crippen molar-refractivity contribution in [3.8, 4) is 5.75 Å². The van der Waals surface area contributed by atoms with Crippen molar-refractivity contribution >= 4 is 29.4 Å². The second kappa shape index (κ2) is 22.4. The minimum atomic E-state index is -0.181. The number of carbonyl (C=O) groups excluding carboxylic acids is 1. The van der Waals surface area contributed by atoms with E-state index >= 15 is 0 Å².